The molecule has 5 heteroatoms. The lowest BCUT2D eigenvalue weighted by molar-refractivity contribution is -0.428. The fourth-order valence-corrected chi connectivity index (χ4v) is 1.77. The molecule has 18 heavy (non-hydrogen) atoms. The van der Waals surface area contributed by atoms with Crippen LogP contribution in [0, 0.1) is 10.1 Å². The molecular formula is C13H15N3O2. The molecular weight excluding hydrogens is 230 g/mol. The molecule has 0 aromatic heterocycles. The predicted molar refractivity (Wildman–Crippen MR) is 68.8 cm³/mol. The Balaban J connectivity index is 2.08. The normalized spacial score (nSPS) is 14.8. The summed E-state index contributed by atoms with van der Waals surface area (Å²) in [7, 11) is 0. The molecule has 1 aliphatic heterocycles. The first-order valence-corrected chi connectivity index (χ1v) is 5.76. The first-order chi connectivity index (χ1) is 8.66. The van der Waals surface area contributed by atoms with Crippen molar-refractivity contribution in [3.8, 4) is 0 Å². The highest BCUT2D eigenvalue weighted by Crippen LogP contribution is 2.15. The van der Waals surface area contributed by atoms with Crippen molar-refractivity contribution in [3.05, 3.63) is 69.3 Å². The minimum Gasteiger partial charge on any atom is -0.362 e. The summed E-state index contributed by atoms with van der Waals surface area (Å²) in [5.41, 5.74) is 2.19. The molecule has 5 nitrogen and oxygen atoms in total. The molecule has 0 amide bonds. The maximum atomic E-state index is 10.9. The van der Waals surface area contributed by atoms with Gasteiger partial charge in [-0.15, -0.1) is 0 Å². The summed E-state index contributed by atoms with van der Waals surface area (Å²) in [6.45, 7) is 2.45. The van der Waals surface area contributed by atoms with E-state index in [-0.39, 0.29) is 10.6 Å². The summed E-state index contributed by atoms with van der Waals surface area (Å²) in [5.74, 6) is 0.490. The summed E-state index contributed by atoms with van der Waals surface area (Å²) >= 11 is 0. The number of allylic oxidation sites excluding steroid dienone is 2. The second-order valence-electron chi connectivity index (χ2n) is 4.13. The highest BCUT2D eigenvalue weighted by Gasteiger charge is 2.21. The van der Waals surface area contributed by atoms with Gasteiger partial charge in [-0.3, -0.25) is 10.1 Å². The fraction of sp³-hybridized carbons (Fsp3) is 0.231. The number of benzene rings is 1. The van der Waals surface area contributed by atoms with E-state index >= 15 is 0 Å². The van der Waals surface area contributed by atoms with Gasteiger partial charge in [-0.2, -0.15) is 0 Å². The fourth-order valence-electron chi connectivity index (χ4n) is 1.77. The molecule has 1 aliphatic rings. The molecule has 0 saturated heterocycles. The van der Waals surface area contributed by atoms with Gasteiger partial charge in [0, 0.05) is 12.2 Å². The maximum absolute atomic E-state index is 10.9. The SMILES string of the molecule is CC1=CCC([N+](=O)[O-])=C(NCc2ccccc2)N1. The summed E-state index contributed by atoms with van der Waals surface area (Å²) < 4.78 is 0. The van der Waals surface area contributed by atoms with E-state index in [9.17, 15) is 10.1 Å². The van der Waals surface area contributed by atoms with Gasteiger partial charge in [-0.1, -0.05) is 36.4 Å². The Morgan fingerprint density at radius 2 is 2.11 bits per heavy atom. The maximum Gasteiger partial charge on any atom is 0.289 e. The van der Waals surface area contributed by atoms with Crippen LogP contribution < -0.4 is 10.6 Å². The quantitative estimate of drug-likeness (QED) is 0.630. The topological polar surface area (TPSA) is 67.2 Å². The molecule has 0 bridgehead atoms. The third kappa shape index (κ3) is 2.88. The van der Waals surface area contributed by atoms with E-state index in [4.69, 9.17) is 0 Å². The van der Waals surface area contributed by atoms with Crippen molar-refractivity contribution in [3.63, 3.8) is 0 Å². The van der Waals surface area contributed by atoms with Crippen molar-refractivity contribution in [2.45, 2.75) is 19.9 Å². The van der Waals surface area contributed by atoms with Crippen molar-refractivity contribution in [2.75, 3.05) is 0 Å². The summed E-state index contributed by atoms with van der Waals surface area (Å²) in [5, 5.41) is 17.0. The Labute approximate surface area is 105 Å². The first kappa shape index (κ1) is 12.2. The monoisotopic (exact) mass is 245 g/mol. The lowest BCUT2D eigenvalue weighted by atomic mass is 10.2. The summed E-state index contributed by atoms with van der Waals surface area (Å²) in [4.78, 5) is 10.6. The Morgan fingerprint density at radius 1 is 1.39 bits per heavy atom. The Hall–Kier alpha value is -2.30. The van der Waals surface area contributed by atoms with Crippen LogP contribution in [0.3, 0.4) is 0 Å². The van der Waals surface area contributed by atoms with Crippen molar-refractivity contribution in [1.82, 2.24) is 10.6 Å². The number of nitrogens with zero attached hydrogens (tertiary/aromatic N) is 1. The van der Waals surface area contributed by atoms with E-state index in [0.717, 1.165) is 11.3 Å². The lowest BCUT2D eigenvalue weighted by Crippen LogP contribution is -2.30. The van der Waals surface area contributed by atoms with Gasteiger partial charge in [0.2, 0.25) is 0 Å². The number of nitro groups is 1. The molecule has 0 aliphatic carbocycles. The van der Waals surface area contributed by atoms with Crippen LogP contribution in [0.5, 0.6) is 0 Å². The van der Waals surface area contributed by atoms with Crippen LogP contribution in [0.4, 0.5) is 0 Å². The molecule has 0 spiro atoms. The number of dihydropyridines is 1. The van der Waals surface area contributed by atoms with Gasteiger partial charge in [0.15, 0.2) is 5.82 Å². The van der Waals surface area contributed by atoms with Crippen molar-refractivity contribution >= 4 is 0 Å². The van der Waals surface area contributed by atoms with Crippen LogP contribution in [0.15, 0.2) is 53.6 Å². The van der Waals surface area contributed by atoms with Crippen LogP contribution in [-0.4, -0.2) is 4.92 Å². The molecule has 0 saturated carbocycles. The second kappa shape index (κ2) is 5.35. The zero-order chi connectivity index (χ0) is 13.0. The first-order valence-electron chi connectivity index (χ1n) is 5.76. The lowest BCUT2D eigenvalue weighted by Gasteiger charge is -2.17. The van der Waals surface area contributed by atoms with Gasteiger partial charge in [0.05, 0.1) is 11.3 Å². The highest BCUT2D eigenvalue weighted by molar-refractivity contribution is 5.22. The van der Waals surface area contributed by atoms with Crippen LogP contribution in [0.2, 0.25) is 0 Å². The largest absolute Gasteiger partial charge is 0.362 e. The van der Waals surface area contributed by atoms with E-state index in [0.29, 0.717) is 18.8 Å². The summed E-state index contributed by atoms with van der Waals surface area (Å²) in [6, 6.07) is 9.78. The van der Waals surface area contributed by atoms with Crippen LogP contribution in [0.25, 0.3) is 0 Å². The molecule has 1 heterocycles. The van der Waals surface area contributed by atoms with Crippen LogP contribution in [-0.2, 0) is 6.54 Å². The molecule has 0 unspecified atom stereocenters. The number of hydrogen-bond donors (Lipinski definition) is 2. The Bertz CT molecular complexity index is 506. The van der Waals surface area contributed by atoms with Gasteiger partial charge in [0.25, 0.3) is 5.70 Å². The number of nitrogens with one attached hydrogen (secondary N) is 2. The van der Waals surface area contributed by atoms with Crippen LogP contribution >= 0.6 is 0 Å². The van der Waals surface area contributed by atoms with Crippen molar-refractivity contribution in [1.29, 1.82) is 0 Å². The van der Waals surface area contributed by atoms with E-state index < -0.39 is 0 Å². The minimum absolute atomic E-state index is 0.177. The second-order valence-corrected chi connectivity index (χ2v) is 4.13. The Kier molecular flexibility index (Phi) is 3.62. The molecule has 94 valence electrons. The molecule has 0 atom stereocenters. The number of rotatable bonds is 4. The van der Waals surface area contributed by atoms with Crippen LogP contribution in [0.1, 0.15) is 18.9 Å². The Morgan fingerprint density at radius 3 is 2.78 bits per heavy atom. The summed E-state index contributed by atoms with van der Waals surface area (Å²) in [6.07, 6.45) is 2.16. The highest BCUT2D eigenvalue weighted by atomic mass is 16.6. The average molecular weight is 245 g/mol. The molecule has 2 rings (SSSR count). The van der Waals surface area contributed by atoms with Gasteiger partial charge in [-0.25, -0.2) is 0 Å². The van der Waals surface area contributed by atoms with Gasteiger partial charge < -0.3 is 10.6 Å². The molecule has 1 aromatic rings. The number of hydrogen-bond acceptors (Lipinski definition) is 4. The van der Waals surface area contributed by atoms with Crippen molar-refractivity contribution < 1.29 is 4.92 Å². The predicted octanol–water partition coefficient (Wildman–Crippen LogP) is 2.12. The van der Waals surface area contributed by atoms with Crippen molar-refractivity contribution in [2.24, 2.45) is 0 Å². The minimum atomic E-state index is -0.344. The van der Waals surface area contributed by atoms with E-state index in [1.807, 2.05) is 43.3 Å². The molecule has 1 aromatic carbocycles. The smallest absolute Gasteiger partial charge is 0.289 e. The van der Waals surface area contributed by atoms with E-state index in [1.54, 1.807) is 0 Å². The molecule has 0 fully saturated rings. The third-order valence-electron chi connectivity index (χ3n) is 2.74. The van der Waals surface area contributed by atoms with Gasteiger partial charge >= 0.3 is 0 Å². The molecule has 0 radical (unpaired) electrons. The zero-order valence-electron chi connectivity index (χ0n) is 10.1. The average Bonchev–Trinajstić information content (AvgIpc) is 2.37. The van der Waals surface area contributed by atoms with E-state index in [2.05, 4.69) is 10.6 Å². The zero-order valence-corrected chi connectivity index (χ0v) is 10.1. The standard InChI is InChI=1S/C13H15N3O2/c1-10-7-8-12(16(17)18)13(15-10)14-9-11-5-3-2-4-6-11/h2-7,14-15H,8-9H2,1H3. The van der Waals surface area contributed by atoms with Gasteiger partial charge in [0.1, 0.15) is 0 Å². The molecule has 2 N–H and O–H groups in total. The van der Waals surface area contributed by atoms with E-state index in [1.165, 1.54) is 0 Å². The third-order valence-corrected chi connectivity index (χ3v) is 2.74. The van der Waals surface area contributed by atoms with Gasteiger partial charge in [-0.05, 0) is 12.5 Å².